The van der Waals surface area contributed by atoms with Crippen molar-refractivity contribution in [3.8, 4) is 17.2 Å². The molecule has 1 amide bonds. The molecular weight excluding hydrogens is 754 g/mol. The fraction of sp³-hybridized carbons (Fsp3) is 0.632. The lowest BCUT2D eigenvalue weighted by Gasteiger charge is -2.36. The molecule has 0 aliphatic carbocycles. The summed E-state index contributed by atoms with van der Waals surface area (Å²) in [5.41, 5.74) is 1.50. The Kier molecular flexibility index (Phi) is 24.4. The number of amides is 1. The van der Waals surface area contributed by atoms with Gasteiger partial charge in [-0.1, -0.05) is 36.8 Å². The van der Waals surface area contributed by atoms with Gasteiger partial charge in [0, 0.05) is 18.5 Å². The topological polar surface area (TPSA) is 83.1 Å². The van der Waals surface area contributed by atoms with Crippen LogP contribution in [0.2, 0.25) is 0 Å². The molecule has 0 aliphatic heterocycles. The molecule has 0 unspecified atom stereocenters. The minimum atomic E-state index is -0.193. The number of hydrogen-bond acceptors (Lipinski definition) is 6. The van der Waals surface area contributed by atoms with Gasteiger partial charge in [-0.25, -0.2) is 0 Å². The summed E-state index contributed by atoms with van der Waals surface area (Å²) in [6.45, 7) is 25.2. The number of rotatable bonds is 25. The van der Waals surface area contributed by atoms with Crippen LogP contribution in [0, 0.1) is 0 Å². The predicted octanol–water partition coefficient (Wildman–Crippen LogP) is 0.638. The Hall–Kier alpha value is -2.34. The Morgan fingerprint density at radius 2 is 1.18 bits per heavy atom. The largest absolute Gasteiger partial charge is 1.00 e. The summed E-state index contributed by atoms with van der Waals surface area (Å²) in [6, 6.07) is 13.6. The minimum absolute atomic E-state index is 0. The molecule has 0 aromatic heterocycles. The van der Waals surface area contributed by atoms with Gasteiger partial charge in [0.25, 0.3) is 5.91 Å². The predicted molar refractivity (Wildman–Crippen MR) is 189 cm³/mol. The quantitative estimate of drug-likeness (QED) is 0.0902. The Morgan fingerprint density at radius 3 is 1.65 bits per heavy atom. The number of esters is 1. The van der Waals surface area contributed by atoms with Gasteiger partial charge < -0.3 is 67.2 Å². The van der Waals surface area contributed by atoms with Gasteiger partial charge in [0.2, 0.25) is 5.75 Å². The number of carbonyl (C=O) groups is 2. The molecule has 0 heterocycles. The molecule has 49 heavy (non-hydrogen) atoms. The van der Waals surface area contributed by atoms with Crippen molar-refractivity contribution in [2.24, 2.45) is 0 Å². The number of carbonyl (C=O) groups excluding carboxylic acids is 2. The van der Waals surface area contributed by atoms with Gasteiger partial charge in [0.15, 0.2) is 11.5 Å². The molecule has 1 N–H and O–H groups in total. The average molecular weight is 818 g/mol. The molecule has 0 spiro atoms. The third-order valence-electron chi connectivity index (χ3n) is 9.83. The van der Waals surface area contributed by atoms with Crippen molar-refractivity contribution in [3.05, 3.63) is 53.6 Å². The fourth-order valence-corrected chi connectivity index (χ4v) is 5.89. The zero-order valence-corrected chi connectivity index (χ0v) is 34.3. The zero-order chi connectivity index (χ0) is 34.5. The maximum atomic E-state index is 13.5. The monoisotopic (exact) mass is 815 g/mol. The van der Waals surface area contributed by atoms with Crippen LogP contribution >= 0.6 is 0 Å². The number of likely N-dealkylation sites (N-methyl/N-ethyl adjacent to an activating group) is 2. The lowest BCUT2D eigenvalue weighted by molar-refractivity contribution is -0.923. The highest BCUT2D eigenvalue weighted by Gasteiger charge is 2.25. The Balaban J connectivity index is 0.0000115. The Labute approximate surface area is 317 Å². The summed E-state index contributed by atoms with van der Waals surface area (Å²) in [7, 11) is 0. The second-order valence-electron chi connectivity index (χ2n) is 12.2. The molecule has 2 rings (SSSR count). The lowest BCUT2D eigenvalue weighted by atomic mass is 10.1. The number of nitrogens with zero attached hydrogens (tertiary/aromatic N) is 2. The molecule has 0 radical (unpaired) electrons. The highest BCUT2D eigenvalue weighted by molar-refractivity contribution is 5.95. The van der Waals surface area contributed by atoms with Gasteiger partial charge in [-0.15, -0.1) is 0 Å². The maximum absolute atomic E-state index is 13.5. The first-order valence-corrected chi connectivity index (χ1v) is 18.0. The third-order valence-corrected chi connectivity index (χ3v) is 9.83. The van der Waals surface area contributed by atoms with E-state index in [1.165, 1.54) is 0 Å². The first kappa shape index (κ1) is 46.7. The molecule has 0 aliphatic rings. The van der Waals surface area contributed by atoms with E-state index in [0.717, 1.165) is 86.2 Å². The number of benzene rings is 2. The molecule has 280 valence electrons. The van der Waals surface area contributed by atoms with E-state index in [2.05, 4.69) is 46.9 Å². The van der Waals surface area contributed by atoms with Crippen molar-refractivity contribution in [3.63, 3.8) is 0 Å². The van der Waals surface area contributed by atoms with Crippen LogP contribution in [0.5, 0.6) is 17.2 Å². The van der Waals surface area contributed by atoms with Crippen molar-refractivity contribution in [1.29, 1.82) is 0 Å². The number of quaternary nitrogens is 2. The van der Waals surface area contributed by atoms with Crippen LogP contribution in [0.1, 0.15) is 90.1 Å². The number of hydrogen-bond donors (Lipinski definition) is 1. The summed E-state index contributed by atoms with van der Waals surface area (Å²) in [5.74, 6) is 1.19. The second-order valence-corrected chi connectivity index (χ2v) is 12.2. The van der Waals surface area contributed by atoms with E-state index in [4.69, 9.17) is 18.9 Å². The molecule has 0 fully saturated rings. The van der Waals surface area contributed by atoms with E-state index in [1.807, 2.05) is 37.3 Å². The summed E-state index contributed by atoms with van der Waals surface area (Å²) < 4.78 is 26.3. The molecule has 9 nitrogen and oxygen atoms in total. The van der Waals surface area contributed by atoms with Crippen molar-refractivity contribution in [2.75, 3.05) is 78.7 Å². The molecule has 2 aromatic rings. The third kappa shape index (κ3) is 15.6. The molecule has 0 saturated carbocycles. The molecule has 11 heteroatoms. The van der Waals surface area contributed by atoms with Crippen LogP contribution < -0.4 is 53.5 Å². The standard InChI is InChI=1S/C38H62N3O6.2BrH/c1-8-40(9-2,10-3)25-27-45-34-29-33(38(43)39-24-20-16-19-23-36(42)44-14-7)30-35(46-28-26-41(11-4,12-5)13-6)37(34)47-31-32-21-17-15-18-22-32;;/h15,17-18,21-22,29-30H,8-14,16,19-20,23-28,31H2,1-7H3;2*1H/q+1;;/p-1. The van der Waals surface area contributed by atoms with E-state index >= 15 is 0 Å². The van der Waals surface area contributed by atoms with Gasteiger partial charge in [-0.05, 0) is 79.0 Å². The molecule has 0 saturated heterocycles. The van der Waals surface area contributed by atoms with Gasteiger partial charge >= 0.3 is 5.97 Å². The molecule has 2 aromatic carbocycles. The fourth-order valence-electron chi connectivity index (χ4n) is 5.89. The van der Waals surface area contributed by atoms with Crippen LogP contribution in [-0.2, 0) is 16.1 Å². The van der Waals surface area contributed by atoms with E-state index < -0.39 is 0 Å². The van der Waals surface area contributed by atoms with Crippen LogP contribution in [0.15, 0.2) is 42.5 Å². The smallest absolute Gasteiger partial charge is 0.305 e. The van der Waals surface area contributed by atoms with Crippen molar-refractivity contribution < 1.29 is 71.5 Å². The normalized spacial score (nSPS) is 11.2. The first-order chi connectivity index (χ1) is 22.7. The van der Waals surface area contributed by atoms with Crippen LogP contribution in [0.4, 0.5) is 0 Å². The summed E-state index contributed by atoms with van der Waals surface area (Å²) in [5, 5.41) is 3.05. The minimum Gasteiger partial charge on any atom is -1.00 e. The van der Waals surface area contributed by atoms with Crippen molar-refractivity contribution >= 4 is 11.9 Å². The van der Waals surface area contributed by atoms with Gasteiger partial charge in [-0.3, -0.25) is 9.59 Å². The number of halogens is 2. The Bertz CT molecular complexity index is 1130. The van der Waals surface area contributed by atoms with E-state index in [9.17, 15) is 9.59 Å². The summed E-state index contributed by atoms with van der Waals surface area (Å²) in [4.78, 5) is 25.1. The first-order valence-electron chi connectivity index (χ1n) is 18.0. The van der Waals surface area contributed by atoms with E-state index in [-0.39, 0.29) is 45.8 Å². The van der Waals surface area contributed by atoms with Crippen LogP contribution in [0.3, 0.4) is 0 Å². The lowest BCUT2D eigenvalue weighted by Crippen LogP contribution is -3.00. The van der Waals surface area contributed by atoms with Crippen molar-refractivity contribution in [1.82, 2.24) is 5.32 Å². The molecule has 0 atom stereocenters. The second kappa shape index (κ2) is 25.6. The summed E-state index contributed by atoms with van der Waals surface area (Å²) in [6.07, 6.45) is 2.73. The highest BCUT2D eigenvalue weighted by Crippen LogP contribution is 2.40. The highest BCUT2D eigenvalue weighted by atomic mass is 79.9. The van der Waals surface area contributed by atoms with Crippen molar-refractivity contribution in [2.45, 2.75) is 80.8 Å². The van der Waals surface area contributed by atoms with Gasteiger partial charge in [-0.2, -0.15) is 0 Å². The Morgan fingerprint density at radius 1 is 0.673 bits per heavy atom. The SMILES string of the molecule is CCOC(=O)CCCCCNC(=O)c1cc(OCC[N+](CC)(CC)CC)c(OCc2ccccc2)c(OCC[N+](CC)(CC)CC)c1.[Br-].[Br-]. The molecular formula is C38H63Br2N3O6. The number of ether oxygens (including phenoxy) is 4. The van der Waals surface area contributed by atoms with Crippen LogP contribution in [0.25, 0.3) is 0 Å². The van der Waals surface area contributed by atoms with E-state index in [0.29, 0.717) is 62.2 Å². The van der Waals surface area contributed by atoms with Gasteiger partial charge in [0.1, 0.15) is 32.9 Å². The van der Waals surface area contributed by atoms with Crippen LogP contribution in [-0.4, -0.2) is 99.6 Å². The number of unbranched alkanes of at least 4 members (excludes halogenated alkanes) is 2. The average Bonchev–Trinajstić information content (AvgIpc) is 3.10. The molecule has 0 bridgehead atoms. The van der Waals surface area contributed by atoms with E-state index in [1.54, 1.807) is 12.1 Å². The zero-order valence-electron chi connectivity index (χ0n) is 31.2. The summed E-state index contributed by atoms with van der Waals surface area (Å²) >= 11 is 0. The maximum Gasteiger partial charge on any atom is 0.305 e. The number of nitrogens with one attached hydrogen (secondary N) is 1. The van der Waals surface area contributed by atoms with Gasteiger partial charge in [0.05, 0.1) is 45.9 Å².